The SMILES string of the molecule is CCC(C)C(NC(=O)C(C)N)C(=O)NC(CC(=O)O)C(=O)NC(CS)C(=O)O. The zero-order valence-electron chi connectivity index (χ0n) is 16.0. The first kappa shape index (κ1) is 25.7. The molecule has 160 valence electrons. The fourth-order valence-corrected chi connectivity index (χ4v) is 2.34. The normalized spacial score (nSPS) is 16.0. The van der Waals surface area contributed by atoms with Crippen LogP contribution >= 0.6 is 12.6 Å². The van der Waals surface area contributed by atoms with Gasteiger partial charge in [0.05, 0.1) is 12.5 Å². The van der Waals surface area contributed by atoms with Crippen LogP contribution in [0.4, 0.5) is 0 Å². The van der Waals surface area contributed by atoms with Crippen LogP contribution in [0.3, 0.4) is 0 Å². The molecule has 0 aliphatic rings. The van der Waals surface area contributed by atoms with Crippen molar-refractivity contribution in [2.24, 2.45) is 11.7 Å². The first-order valence-electron chi connectivity index (χ1n) is 8.66. The van der Waals surface area contributed by atoms with Crippen molar-refractivity contribution in [1.82, 2.24) is 16.0 Å². The molecule has 5 atom stereocenters. The van der Waals surface area contributed by atoms with Gasteiger partial charge in [0, 0.05) is 5.75 Å². The number of aliphatic carboxylic acids is 2. The van der Waals surface area contributed by atoms with Gasteiger partial charge in [0.15, 0.2) is 0 Å². The van der Waals surface area contributed by atoms with Gasteiger partial charge in [-0.05, 0) is 12.8 Å². The van der Waals surface area contributed by atoms with E-state index in [1.807, 2.05) is 0 Å². The van der Waals surface area contributed by atoms with Gasteiger partial charge in [0.25, 0.3) is 0 Å². The lowest BCUT2D eigenvalue weighted by Crippen LogP contribution is -2.58. The maximum atomic E-state index is 12.6. The number of hydrogen-bond acceptors (Lipinski definition) is 7. The van der Waals surface area contributed by atoms with Gasteiger partial charge in [-0.3, -0.25) is 19.2 Å². The largest absolute Gasteiger partial charge is 0.481 e. The Kier molecular flexibility index (Phi) is 11.2. The van der Waals surface area contributed by atoms with Crippen LogP contribution in [0.25, 0.3) is 0 Å². The van der Waals surface area contributed by atoms with Gasteiger partial charge in [0.2, 0.25) is 17.7 Å². The highest BCUT2D eigenvalue weighted by Crippen LogP contribution is 2.09. The molecule has 5 unspecified atom stereocenters. The highest BCUT2D eigenvalue weighted by atomic mass is 32.1. The smallest absolute Gasteiger partial charge is 0.327 e. The zero-order valence-corrected chi connectivity index (χ0v) is 16.9. The fourth-order valence-electron chi connectivity index (χ4n) is 2.09. The number of carboxylic acids is 2. The third-order valence-corrected chi connectivity index (χ3v) is 4.38. The number of carboxylic acid groups (broad SMARTS) is 2. The molecule has 0 saturated carbocycles. The van der Waals surface area contributed by atoms with Crippen molar-refractivity contribution < 1.29 is 34.2 Å². The first-order valence-corrected chi connectivity index (χ1v) is 9.29. The van der Waals surface area contributed by atoms with Gasteiger partial charge < -0.3 is 31.9 Å². The minimum absolute atomic E-state index is 0.227. The number of rotatable bonds is 12. The third kappa shape index (κ3) is 8.57. The predicted octanol–water partition coefficient (Wildman–Crippen LogP) is -1.68. The molecule has 0 rings (SSSR count). The summed E-state index contributed by atoms with van der Waals surface area (Å²) in [6.07, 6.45) is -0.265. The van der Waals surface area contributed by atoms with Crippen LogP contribution in [0.15, 0.2) is 0 Å². The third-order valence-electron chi connectivity index (χ3n) is 4.02. The molecule has 0 aliphatic heterocycles. The van der Waals surface area contributed by atoms with Gasteiger partial charge in [-0.15, -0.1) is 0 Å². The average Bonchev–Trinajstić information content (AvgIpc) is 2.61. The predicted molar refractivity (Wildman–Crippen MR) is 103 cm³/mol. The Morgan fingerprint density at radius 1 is 0.929 bits per heavy atom. The van der Waals surface area contributed by atoms with Gasteiger partial charge in [0.1, 0.15) is 18.1 Å². The molecule has 0 aliphatic carbocycles. The van der Waals surface area contributed by atoms with Gasteiger partial charge >= 0.3 is 11.9 Å². The average molecular weight is 420 g/mol. The van der Waals surface area contributed by atoms with Crippen LogP contribution in [0.5, 0.6) is 0 Å². The number of nitrogens with one attached hydrogen (secondary N) is 3. The number of hydrogen-bond donors (Lipinski definition) is 7. The Morgan fingerprint density at radius 2 is 1.46 bits per heavy atom. The highest BCUT2D eigenvalue weighted by molar-refractivity contribution is 7.80. The van der Waals surface area contributed by atoms with Crippen LogP contribution in [-0.4, -0.2) is 69.8 Å². The van der Waals surface area contributed by atoms with Gasteiger partial charge in [-0.1, -0.05) is 20.3 Å². The van der Waals surface area contributed by atoms with E-state index < -0.39 is 60.2 Å². The van der Waals surface area contributed by atoms with E-state index in [-0.39, 0.29) is 11.7 Å². The van der Waals surface area contributed by atoms with Crippen molar-refractivity contribution >= 4 is 42.3 Å². The monoisotopic (exact) mass is 420 g/mol. The molecule has 0 aromatic heterocycles. The number of carbonyl (C=O) groups excluding carboxylic acids is 3. The summed E-state index contributed by atoms with van der Waals surface area (Å²) in [4.78, 5) is 58.9. The molecule has 0 aromatic rings. The Hall–Kier alpha value is -2.34. The zero-order chi connectivity index (χ0) is 22.0. The molecule has 0 radical (unpaired) electrons. The topological polar surface area (TPSA) is 188 Å². The Balaban J connectivity index is 5.42. The lowest BCUT2D eigenvalue weighted by Gasteiger charge is -2.27. The van der Waals surface area contributed by atoms with Crippen LogP contribution in [0, 0.1) is 5.92 Å². The molecule has 28 heavy (non-hydrogen) atoms. The van der Waals surface area contributed by atoms with E-state index in [0.717, 1.165) is 0 Å². The van der Waals surface area contributed by atoms with Crippen molar-refractivity contribution in [3.05, 3.63) is 0 Å². The molecular weight excluding hydrogens is 392 g/mol. The first-order chi connectivity index (χ1) is 12.9. The molecule has 7 N–H and O–H groups in total. The Labute approximate surface area is 168 Å². The van der Waals surface area contributed by atoms with E-state index in [0.29, 0.717) is 6.42 Å². The van der Waals surface area contributed by atoms with E-state index in [9.17, 15) is 24.0 Å². The molecule has 0 heterocycles. The molecule has 0 spiro atoms. The van der Waals surface area contributed by atoms with E-state index in [2.05, 4.69) is 28.6 Å². The van der Waals surface area contributed by atoms with Crippen molar-refractivity contribution in [3.63, 3.8) is 0 Å². The summed E-state index contributed by atoms with van der Waals surface area (Å²) in [5.74, 6) is -5.64. The lowest BCUT2D eigenvalue weighted by atomic mass is 9.97. The number of carbonyl (C=O) groups is 5. The quantitative estimate of drug-likeness (QED) is 0.182. The van der Waals surface area contributed by atoms with E-state index in [4.69, 9.17) is 15.9 Å². The summed E-state index contributed by atoms with van der Waals surface area (Å²) in [5, 5.41) is 24.9. The van der Waals surface area contributed by atoms with Crippen LogP contribution in [0.2, 0.25) is 0 Å². The number of nitrogens with two attached hydrogens (primary N) is 1. The van der Waals surface area contributed by atoms with E-state index in [1.54, 1.807) is 13.8 Å². The molecule has 0 fully saturated rings. The maximum absolute atomic E-state index is 12.6. The minimum atomic E-state index is -1.54. The minimum Gasteiger partial charge on any atom is -0.481 e. The summed E-state index contributed by atoms with van der Waals surface area (Å²) in [6.45, 7) is 4.92. The fraction of sp³-hybridized carbons (Fsp3) is 0.688. The number of thiol groups is 1. The molecular formula is C16H28N4O7S. The van der Waals surface area contributed by atoms with Crippen molar-refractivity contribution in [3.8, 4) is 0 Å². The summed E-state index contributed by atoms with van der Waals surface area (Å²) in [5.41, 5.74) is 5.49. The summed E-state index contributed by atoms with van der Waals surface area (Å²) >= 11 is 3.81. The summed E-state index contributed by atoms with van der Waals surface area (Å²) in [6, 6.07) is -4.81. The maximum Gasteiger partial charge on any atom is 0.327 e. The molecule has 0 saturated heterocycles. The molecule has 3 amide bonds. The second kappa shape index (κ2) is 12.2. The second-order valence-electron chi connectivity index (χ2n) is 6.40. The van der Waals surface area contributed by atoms with Crippen LogP contribution in [0.1, 0.15) is 33.6 Å². The lowest BCUT2D eigenvalue weighted by molar-refractivity contribution is -0.143. The molecule has 12 heteroatoms. The standard InChI is InChI=1S/C16H28N4O7S/c1-4-7(2)12(20-13(23)8(3)17)15(25)18-9(5-11(21)22)14(24)19-10(6-28)16(26)27/h7-10,12,28H,4-6,17H2,1-3H3,(H,18,25)(H,19,24)(H,20,23)(H,21,22)(H,26,27). The van der Waals surface area contributed by atoms with Crippen LogP contribution in [-0.2, 0) is 24.0 Å². The molecule has 11 nitrogen and oxygen atoms in total. The molecule has 0 aromatic carbocycles. The van der Waals surface area contributed by atoms with Crippen molar-refractivity contribution in [2.45, 2.75) is 57.8 Å². The summed E-state index contributed by atoms with van der Waals surface area (Å²) in [7, 11) is 0. The Bertz CT molecular complexity index is 600. The molecule has 0 bridgehead atoms. The van der Waals surface area contributed by atoms with Crippen molar-refractivity contribution in [2.75, 3.05) is 5.75 Å². The second-order valence-corrected chi connectivity index (χ2v) is 6.77. The van der Waals surface area contributed by atoms with Gasteiger partial charge in [-0.2, -0.15) is 12.6 Å². The van der Waals surface area contributed by atoms with E-state index in [1.165, 1.54) is 6.92 Å². The highest BCUT2D eigenvalue weighted by Gasteiger charge is 2.32. The van der Waals surface area contributed by atoms with Crippen LogP contribution < -0.4 is 21.7 Å². The Morgan fingerprint density at radius 3 is 1.86 bits per heavy atom. The number of amides is 3. The summed E-state index contributed by atoms with van der Waals surface area (Å²) < 4.78 is 0. The van der Waals surface area contributed by atoms with E-state index >= 15 is 0 Å². The van der Waals surface area contributed by atoms with Gasteiger partial charge in [-0.25, -0.2) is 4.79 Å². The van der Waals surface area contributed by atoms with Crippen molar-refractivity contribution in [1.29, 1.82) is 0 Å².